The number of nitrogens with zero attached hydrogens (tertiary/aromatic N) is 1. The second kappa shape index (κ2) is 4.78. The summed E-state index contributed by atoms with van der Waals surface area (Å²) in [6, 6.07) is 0. The summed E-state index contributed by atoms with van der Waals surface area (Å²) in [5, 5.41) is 3.55. The van der Waals surface area contributed by atoms with Crippen LogP contribution in [0.5, 0.6) is 0 Å². The summed E-state index contributed by atoms with van der Waals surface area (Å²) in [7, 11) is 0. The van der Waals surface area contributed by atoms with Crippen molar-refractivity contribution in [2.75, 3.05) is 5.32 Å². The summed E-state index contributed by atoms with van der Waals surface area (Å²) in [6.07, 6.45) is 5.29. The van der Waals surface area contributed by atoms with Crippen LogP contribution in [0.2, 0.25) is 0 Å². The van der Waals surface area contributed by atoms with Gasteiger partial charge in [0.15, 0.2) is 5.13 Å². The van der Waals surface area contributed by atoms with Crippen LogP contribution in [0.15, 0.2) is 12.2 Å². The Morgan fingerprint density at radius 2 is 2.25 bits per heavy atom. The molecule has 1 aliphatic carbocycles. The fourth-order valence-electron chi connectivity index (χ4n) is 1.75. The first-order valence-electron chi connectivity index (χ1n) is 5.68. The van der Waals surface area contributed by atoms with Gasteiger partial charge in [-0.15, -0.1) is 11.3 Å². The van der Waals surface area contributed by atoms with E-state index in [0.29, 0.717) is 12.0 Å². The normalized spacial score (nSPS) is 14.3. The lowest BCUT2D eigenvalue weighted by Gasteiger charge is -2.06. The van der Waals surface area contributed by atoms with Gasteiger partial charge in [0.1, 0.15) is 0 Å². The van der Waals surface area contributed by atoms with E-state index >= 15 is 0 Å². The second-order valence-electron chi connectivity index (χ2n) is 4.01. The van der Waals surface area contributed by atoms with E-state index < -0.39 is 0 Å². The number of hydrogen-bond donors (Lipinski definition) is 1. The predicted octanol–water partition coefficient (Wildman–Crippen LogP) is 2.93. The minimum Gasteiger partial charge on any atom is -0.298 e. The number of rotatable bonds is 3. The van der Waals surface area contributed by atoms with Gasteiger partial charge in [-0.05, 0) is 32.1 Å². The van der Waals surface area contributed by atoms with Gasteiger partial charge in [-0.1, -0.05) is 13.5 Å². The second-order valence-corrected chi connectivity index (χ2v) is 5.09. The highest BCUT2D eigenvalue weighted by Crippen LogP contribution is 2.29. The largest absolute Gasteiger partial charge is 0.298 e. The van der Waals surface area contributed by atoms with Crippen molar-refractivity contribution in [3.63, 3.8) is 0 Å². The van der Waals surface area contributed by atoms with Crippen LogP contribution in [-0.2, 0) is 17.6 Å². The first-order valence-corrected chi connectivity index (χ1v) is 6.50. The quantitative estimate of drug-likeness (QED) is 0.820. The molecule has 0 aliphatic heterocycles. The monoisotopic (exact) mass is 236 g/mol. The molecule has 1 aromatic heterocycles. The van der Waals surface area contributed by atoms with E-state index in [1.165, 1.54) is 23.4 Å². The van der Waals surface area contributed by atoms with Crippen LogP contribution >= 0.6 is 11.3 Å². The lowest BCUT2D eigenvalue weighted by Crippen LogP contribution is -2.12. The van der Waals surface area contributed by atoms with E-state index in [1.54, 1.807) is 11.3 Å². The smallest absolute Gasteiger partial charge is 0.252 e. The number of carbonyl (C=O) groups excluding carboxylic acids is 1. The van der Waals surface area contributed by atoms with E-state index in [0.717, 1.165) is 18.0 Å². The molecule has 0 atom stereocenters. The van der Waals surface area contributed by atoms with E-state index in [-0.39, 0.29) is 5.91 Å². The maximum Gasteiger partial charge on any atom is 0.252 e. The van der Waals surface area contributed by atoms with Crippen LogP contribution in [0.25, 0.3) is 0 Å². The number of aryl methyl sites for hydroxylation is 2. The minimum absolute atomic E-state index is 0.103. The summed E-state index contributed by atoms with van der Waals surface area (Å²) >= 11 is 1.61. The number of carbonyl (C=O) groups is 1. The van der Waals surface area contributed by atoms with Crippen LogP contribution in [0.1, 0.15) is 36.8 Å². The number of nitrogens with one attached hydrogen (secondary N) is 1. The zero-order valence-corrected chi connectivity index (χ0v) is 10.3. The topological polar surface area (TPSA) is 42.0 Å². The van der Waals surface area contributed by atoms with Crippen molar-refractivity contribution >= 4 is 22.4 Å². The molecule has 1 amide bonds. The lowest BCUT2D eigenvalue weighted by molar-refractivity contribution is -0.112. The highest BCUT2D eigenvalue weighted by atomic mass is 32.1. The molecule has 0 spiro atoms. The van der Waals surface area contributed by atoms with Gasteiger partial charge in [0.25, 0.3) is 5.91 Å². The third kappa shape index (κ3) is 2.32. The van der Waals surface area contributed by atoms with E-state index in [9.17, 15) is 4.79 Å². The number of hydrogen-bond acceptors (Lipinski definition) is 3. The zero-order valence-electron chi connectivity index (χ0n) is 9.51. The van der Waals surface area contributed by atoms with E-state index in [2.05, 4.69) is 16.9 Å². The van der Waals surface area contributed by atoms with Gasteiger partial charge in [0, 0.05) is 10.5 Å². The molecule has 0 radical (unpaired) electrons. The van der Waals surface area contributed by atoms with Gasteiger partial charge < -0.3 is 0 Å². The van der Waals surface area contributed by atoms with Crippen molar-refractivity contribution in [1.82, 2.24) is 4.98 Å². The Bertz CT molecular complexity index is 399. The first-order chi connectivity index (χ1) is 7.70. The number of amides is 1. The fraction of sp³-hybridized carbons (Fsp3) is 0.500. The molecular weight excluding hydrogens is 220 g/mol. The number of fused-ring (bicyclic) bond motifs is 1. The molecule has 1 aliphatic rings. The van der Waals surface area contributed by atoms with Crippen molar-refractivity contribution in [1.29, 1.82) is 0 Å². The van der Waals surface area contributed by atoms with Gasteiger partial charge in [-0.2, -0.15) is 0 Å². The molecule has 16 heavy (non-hydrogen) atoms. The Kier molecular flexibility index (Phi) is 3.39. The molecule has 86 valence electrons. The summed E-state index contributed by atoms with van der Waals surface area (Å²) in [5.74, 6) is -0.103. The van der Waals surface area contributed by atoms with Gasteiger partial charge in [0.2, 0.25) is 0 Å². The fourth-order valence-corrected chi connectivity index (χ4v) is 2.80. The molecule has 0 bridgehead atoms. The molecule has 1 aromatic rings. The van der Waals surface area contributed by atoms with Crippen LogP contribution < -0.4 is 5.32 Å². The SMILES string of the molecule is C=C(CC)C(=O)Nc1nc2c(s1)CCCC2. The molecule has 0 saturated heterocycles. The molecule has 1 heterocycles. The van der Waals surface area contributed by atoms with Crippen LogP contribution in [0.3, 0.4) is 0 Å². The minimum atomic E-state index is -0.103. The standard InChI is InChI=1S/C12H16N2OS/c1-3-8(2)11(15)14-12-13-9-6-4-5-7-10(9)16-12/h2-7H2,1H3,(H,13,14,15). The average Bonchev–Trinajstić information content (AvgIpc) is 2.69. The number of anilines is 1. The van der Waals surface area contributed by atoms with Crippen LogP contribution in [0, 0.1) is 0 Å². The van der Waals surface area contributed by atoms with Crippen LogP contribution in [0.4, 0.5) is 5.13 Å². The Morgan fingerprint density at radius 1 is 1.50 bits per heavy atom. The number of thiazole rings is 1. The molecule has 0 fully saturated rings. The van der Waals surface area contributed by atoms with Gasteiger partial charge >= 0.3 is 0 Å². The van der Waals surface area contributed by atoms with Crippen molar-refractivity contribution in [2.45, 2.75) is 39.0 Å². The summed E-state index contributed by atoms with van der Waals surface area (Å²) in [5.41, 5.74) is 1.78. The van der Waals surface area contributed by atoms with Crippen molar-refractivity contribution in [3.05, 3.63) is 22.7 Å². The number of aromatic nitrogens is 1. The highest BCUT2D eigenvalue weighted by Gasteiger charge is 2.16. The summed E-state index contributed by atoms with van der Waals surface area (Å²) in [4.78, 5) is 17.4. The van der Waals surface area contributed by atoms with Crippen LogP contribution in [-0.4, -0.2) is 10.9 Å². The maximum absolute atomic E-state index is 11.6. The molecule has 4 heteroatoms. The molecule has 0 saturated carbocycles. The zero-order chi connectivity index (χ0) is 11.5. The Labute approximate surface area is 99.6 Å². The average molecular weight is 236 g/mol. The van der Waals surface area contributed by atoms with E-state index in [4.69, 9.17) is 0 Å². The lowest BCUT2D eigenvalue weighted by atomic mass is 10.0. The van der Waals surface area contributed by atoms with Gasteiger partial charge in [-0.3, -0.25) is 10.1 Å². The Morgan fingerprint density at radius 3 is 2.94 bits per heavy atom. The third-order valence-corrected chi connectivity index (χ3v) is 3.89. The molecular formula is C12H16N2OS. The van der Waals surface area contributed by atoms with Gasteiger partial charge in [-0.25, -0.2) is 4.98 Å². The van der Waals surface area contributed by atoms with Crippen molar-refractivity contribution in [2.24, 2.45) is 0 Å². The van der Waals surface area contributed by atoms with Crippen molar-refractivity contribution < 1.29 is 4.79 Å². The van der Waals surface area contributed by atoms with E-state index in [1.807, 2.05) is 6.92 Å². The Balaban J connectivity index is 2.07. The highest BCUT2D eigenvalue weighted by molar-refractivity contribution is 7.15. The molecule has 3 nitrogen and oxygen atoms in total. The summed E-state index contributed by atoms with van der Waals surface area (Å²) < 4.78 is 0. The maximum atomic E-state index is 11.6. The Hall–Kier alpha value is -1.16. The molecule has 0 unspecified atom stereocenters. The molecule has 0 aromatic carbocycles. The summed E-state index contributed by atoms with van der Waals surface area (Å²) in [6.45, 7) is 5.64. The third-order valence-electron chi connectivity index (χ3n) is 2.81. The first kappa shape index (κ1) is 11.3. The van der Waals surface area contributed by atoms with Crippen molar-refractivity contribution in [3.8, 4) is 0 Å². The predicted molar refractivity (Wildman–Crippen MR) is 66.8 cm³/mol. The van der Waals surface area contributed by atoms with Gasteiger partial charge in [0.05, 0.1) is 5.69 Å². The molecule has 2 rings (SSSR count). The molecule has 1 N–H and O–H groups in total.